The quantitative estimate of drug-likeness (QED) is 0.578. The molecule has 12 heteroatoms. The molecule has 3 heterocycles. The highest BCUT2D eigenvalue weighted by atomic mass is 35.5. The lowest BCUT2D eigenvalue weighted by Gasteiger charge is -2.17. The van der Waals surface area contributed by atoms with Gasteiger partial charge in [-0.25, -0.2) is 0 Å². The van der Waals surface area contributed by atoms with Gasteiger partial charge in [0.05, 0.1) is 29.0 Å². The van der Waals surface area contributed by atoms with Crippen LogP contribution in [0.3, 0.4) is 0 Å². The van der Waals surface area contributed by atoms with E-state index in [9.17, 15) is 22.8 Å². The van der Waals surface area contributed by atoms with E-state index in [0.29, 0.717) is 31.0 Å². The fraction of sp³-hybridized carbons (Fsp3) is 0.364. The molecule has 1 amide bonds. The highest BCUT2D eigenvalue weighted by Gasteiger charge is 2.31. The molecule has 1 unspecified atom stereocenters. The molecule has 0 saturated carbocycles. The van der Waals surface area contributed by atoms with Gasteiger partial charge >= 0.3 is 6.18 Å². The van der Waals surface area contributed by atoms with Crippen molar-refractivity contribution in [2.45, 2.75) is 45.5 Å². The largest absolute Gasteiger partial charge is 0.416 e. The van der Waals surface area contributed by atoms with Crippen molar-refractivity contribution < 1.29 is 22.7 Å². The zero-order valence-corrected chi connectivity index (χ0v) is 19.1. The van der Waals surface area contributed by atoms with Crippen LogP contribution in [0, 0.1) is 0 Å². The van der Waals surface area contributed by atoms with Crippen LogP contribution in [-0.4, -0.2) is 37.8 Å². The zero-order valence-electron chi connectivity index (χ0n) is 18.3. The number of benzene rings is 1. The number of hydrogen-bond donors (Lipinski definition) is 1. The molecule has 0 spiro atoms. The van der Waals surface area contributed by atoms with E-state index in [-0.39, 0.29) is 34.7 Å². The van der Waals surface area contributed by atoms with Crippen molar-refractivity contribution in [2.75, 3.05) is 11.9 Å². The summed E-state index contributed by atoms with van der Waals surface area (Å²) in [7, 11) is 0. The van der Waals surface area contributed by atoms with E-state index in [1.54, 1.807) is 4.57 Å². The Morgan fingerprint density at radius 3 is 2.74 bits per heavy atom. The molecule has 1 N–H and O–H groups in total. The minimum Gasteiger partial charge on any atom is -0.374 e. The number of nitrogens with zero attached hydrogens (tertiary/aromatic N) is 4. The van der Waals surface area contributed by atoms with Crippen LogP contribution in [0.5, 0.6) is 0 Å². The summed E-state index contributed by atoms with van der Waals surface area (Å²) < 4.78 is 46.8. The monoisotopic (exact) mass is 495 g/mol. The Kier molecular flexibility index (Phi) is 6.50. The normalized spacial score (nSPS) is 16.5. The van der Waals surface area contributed by atoms with Crippen LogP contribution in [0.15, 0.2) is 35.1 Å². The third-order valence-electron chi connectivity index (χ3n) is 5.42. The average Bonchev–Trinajstić information content (AvgIpc) is 3.22. The van der Waals surface area contributed by atoms with E-state index in [0.717, 1.165) is 28.3 Å². The van der Waals surface area contributed by atoms with Crippen LogP contribution in [-0.2, 0) is 28.7 Å². The second-order valence-electron chi connectivity index (χ2n) is 7.88. The number of carbonyl (C=O) groups excluding carboxylic acids is 1. The summed E-state index contributed by atoms with van der Waals surface area (Å²) >= 11 is 5.95. The zero-order chi connectivity index (χ0) is 24.6. The number of amides is 1. The van der Waals surface area contributed by atoms with E-state index in [2.05, 4.69) is 15.4 Å². The van der Waals surface area contributed by atoms with E-state index < -0.39 is 17.6 Å². The van der Waals surface area contributed by atoms with E-state index in [1.807, 2.05) is 19.9 Å². The summed E-state index contributed by atoms with van der Waals surface area (Å²) in [6.07, 6.45) is -1.69. The molecule has 8 nitrogen and oxygen atoms in total. The number of ether oxygens (including phenoxy) is 1. The maximum absolute atomic E-state index is 12.9. The fourth-order valence-electron chi connectivity index (χ4n) is 3.71. The summed E-state index contributed by atoms with van der Waals surface area (Å²) in [5.74, 6) is 0.0128. The number of fused-ring (bicyclic) bond motifs is 1. The third kappa shape index (κ3) is 4.85. The SMILES string of the molecule is CCc1cc(=O)n2nc(C3=CCOC(C)C3)nc2n1CC(=O)Nc1ccc(C(F)(F)F)cc1Cl. The van der Waals surface area contributed by atoms with E-state index in [4.69, 9.17) is 16.3 Å². The summed E-state index contributed by atoms with van der Waals surface area (Å²) in [5.41, 5.74) is 0.137. The van der Waals surface area contributed by atoms with Crippen molar-refractivity contribution in [3.63, 3.8) is 0 Å². The lowest BCUT2D eigenvalue weighted by Crippen LogP contribution is -2.26. The maximum atomic E-state index is 12.9. The van der Waals surface area contributed by atoms with Crippen LogP contribution in [0.2, 0.25) is 5.02 Å². The molecule has 1 atom stereocenters. The first-order valence-corrected chi connectivity index (χ1v) is 10.9. The third-order valence-corrected chi connectivity index (χ3v) is 5.73. The summed E-state index contributed by atoms with van der Waals surface area (Å²) in [5, 5.41) is 6.61. The summed E-state index contributed by atoms with van der Waals surface area (Å²) in [6.45, 7) is 3.91. The van der Waals surface area contributed by atoms with Crippen molar-refractivity contribution in [1.29, 1.82) is 0 Å². The Balaban J connectivity index is 1.66. The van der Waals surface area contributed by atoms with Crippen molar-refractivity contribution in [1.82, 2.24) is 19.2 Å². The minimum atomic E-state index is -4.55. The van der Waals surface area contributed by atoms with Gasteiger partial charge in [-0.05, 0) is 37.1 Å². The number of carbonyl (C=O) groups is 1. The van der Waals surface area contributed by atoms with Crippen LogP contribution in [0.25, 0.3) is 11.4 Å². The highest BCUT2D eigenvalue weighted by Crippen LogP contribution is 2.33. The molecule has 1 aliphatic rings. The molecule has 1 aromatic carbocycles. The number of hydrogen-bond acceptors (Lipinski definition) is 5. The molecule has 0 saturated heterocycles. The molecule has 0 bridgehead atoms. The lowest BCUT2D eigenvalue weighted by molar-refractivity contribution is -0.137. The Morgan fingerprint density at radius 2 is 2.09 bits per heavy atom. The predicted octanol–water partition coefficient (Wildman–Crippen LogP) is 3.96. The topological polar surface area (TPSA) is 90.5 Å². The summed E-state index contributed by atoms with van der Waals surface area (Å²) in [6, 6.07) is 4.06. The molecule has 180 valence electrons. The van der Waals surface area contributed by atoms with Crippen LogP contribution in [0.1, 0.15) is 37.4 Å². The Hall–Kier alpha value is -3.18. The van der Waals surface area contributed by atoms with Gasteiger partial charge in [0, 0.05) is 18.2 Å². The predicted molar refractivity (Wildman–Crippen MR) is 120 cm³/mol. The number of alkyl halides is 3. The van der Waals surface area contributed by atoms with Crippen molar-refractivity contribution in [3.05, 3.63) is 62.8 Å². The second-order valence-corrected chi connectivity index (χ2v) is 8.29. The molecule has 0 aliphatic carbocycles. The Morgan fingerprint density at radius 1 is 1.32 bits per heavy atom. The molecule has 4 rings (SSSR count). The number of rotatable bonds is 5. The van der Waals surface area contributed by atoms with Gasteiger partial charge in [-0.3, -0.25) is 9.59 Å². The Labute approximate surface area is 197 Å². The van der Waals surface area contributed by atoms with Crippen molar-refractivity contribution in [3.8, 4) is 0 Å². The van der Waals surface area contributed by atoms with Gasteiger partial charge < -0.3 is 14.6 Å². The van der Waals surface area contributed by atoms with Gasteiger partial charge in [-0.1, -0.05) is 24.6 Å². The first-order valence-electron chi connectivity index (χ1n) is 10.5. The molecule has 34 heavy (non-hydrogen) atoms. The summed E-state index contributed by atoms with van der Waals surface area (Å²) in [4.78, 5) is 29.9. The lowest BCUT2D eigenvalue weighted by atomic mass is 10.1. The number of anilines is 1. The molecule has 3 aromatic rings. The first-order chi connectivity index (χ1) is 16.1. The number of halogens is 4. The number of nitrogens with one attached hydrogen (secondary N) is 1. The average molecular weight is 496 g/mol. The standard InChI is InChI=1S/C22H21ClF3N5O3/c1-3-15-10-19(33)31-21(28-20(29-31)13-6-7-34-12(2)8-13)30(15)11-18(32)27-17-5-4-14(9-16(17)23)22(24,25)26/h4-6,9-10,12H,3,7-8,11H2,1-2H3,(H,27,32). The van der Waals surface area contributed by atoms with Gasteiger partial charge in [-0.15, -0.1) is 5.10 Å². The smallest absolute Gasteiger partial charge is 0.374 e. The van der Waals surface area contributed by atoms with E-state index >= 15 is 0 Å². The second kappa shape index (κ2) is 9.22. The fourth-order valence-corrected chi connectivity index (χ4v) is 3.94. The first kappa shape index (κ1) is 24.0. The molecular weight excluding hydrogens is 475 g/mol. The van der Waals surface area contributed by atoms with Gasteiger partial charge in [0.2, 0.25) is 11.7 Å². The van der Waals surface area contributed by atoms with Gasteiger partial charge in [-0.2, -0.15) is 22.7 Å². The van der Waals surface area contributed by atoms with Gasteiger partial charge in [0.25, 0.3) is 5.56 Å². The number of aryl methyl sites for hydroxylation is 1. The molecule has 0 fully saturated rings. The van der Waals surface area contributed by atoms with Gasteiger partial charge in [0.15, 0.2) is 5.82 Å². The highest BCUT2D eigenvalue weighted by molar-refractivity contribution is 6.33. The van der Waals surface area contributed by atoms with Crippen molar-refractivity contribution in [2.24, 2.45) is 0 Å². The van der Waals surface area contributed by atoms with Gasteiger partial charge in [0.1, 0.15) is 6.54 Å². The van der Waals surface area contributed by atoms with Crippen molar-refractivity contribution >= 4 is 34.5 Å². The molecule has 1 aliphatic heterocycles. The number of aromatic nitrogens is 4. The van der Waals surface area contributed by atoms with E-state index in [1.165, 1.54) is 6.07 Å². The Bertz CT molecular complexity index is 1350. The molecular formula is C22H21ClF3N5O3. The van der Waals surface area contributed by atoms with Crippen LogP contribution >= 0.6 is 11.6 Å². The maximum Gasteiger partial charge on any atom is 0.416 e. The molecule has 0 radical (unpaired) electrons. The van der Waals surface area contributed by atoms with Crippen LogP contribution < -0.4 is 10.9 Å². The molecule has 2 aromatic heterocycles. The minimum absolute atomic E-state index is 0.0177. The van der Waals surface area contributed by atoms with Crippen LogP contribution in [0.4, 0.5) is 18.9 Å².